The van der Waals surface area contributed by atoms with Crippen LogP contribution in [0.4, 0.5) is 5.69 Å². The van der Waals surface area contributed by atoms with Crippen molar-refractivity contribution in [1.82, 2.24) is 9.55 Å². The Hall–Kier alpha value is -3.26. The van der Waals surface area contributed by atoms with Crippen molar-refractivity contribution in [3.05, 3.63) is 70.1 Å². The maximum atomic E-state index is 13.0. The maximum absolute atomic E-state index is 13.0. The third-order valence-electron chi connectivity index (χ3n) is 4.36. The molecule has 2 aromatic heterocycles. The van der Waals surface area contributed by atoms with Gasteiger partial charge in [0.25, 0.3) is 5.56 Å². The summed E-state index contributed by atoms with van der Waals surface area (Å²) in [5, 5.41) is 0.336. The van der Waals surface area contributed by atoms with Crippen molar-refractivity contribution >= 4 is 39.1 Å². The Morgan fingerprint density at radius 2 is 2.03 bits per heavy atom. The zero-order valence-electron chi connectivity index (χ0n) is 16.3. The van der Waals surface area contributed by atoms with Crippen molar-refractivity contribution in [3.63, 3.8) is 0 Å². The van der Waals surface area contributed by atoms with Gasteiger partial charge in [-0.15, -0.1) is 17.9 Å². The number of thiophene rings is 1. The second kappa shape index (κ2) is 8.83. The molecule has 2 heterocycles. The number of carbonyl (C=O) groups is 2. The van der Waals surface area contributed by atoms with Crippen molar-refractivity contribution in [2.75, 3.05) is 18.1 Å². The number of benzene rings is 1. The van der Waals surface area contributed by atoms with Crippen LogP contribution in [0, 0.1) is 6.92 Å². The van der Waals surface area contributed by atoms with Gasteiger partial charge < -0.3 is 9.64 Å². The molecule has 150 valence electrons. The van der Waals surface area contributed by atoms with E-state index in [9.17, 15) is 14.4 Å². The average molecular weight is 411 g/mol. The van der Waals surface area contributed by atoms with Crippen LogP contribution >= 0.6 is 11.3 Å². The first-order valence-corrected chi connectivity index (χ1v) is 9.91. The van der Waals surface area contributed by atoms with E-state index in [1.807, 2.05) is 30.3 Å². The van der Waals surface area contributed by atoms with E-state index in [0.29, 0.717) is 27.2 Å². The molecule has 1 aromatic carbocycles. The summed E-state index contributed by atoms with van der Waals surface area (Å²) >= 11 is 1.12. The molecule has 0 fully saturated rings. The largest absolute Gasteiger partial charge is 0.462 e. The lowest BCUT2D eigenvalue weighted by Crippen LogP contribution is -2.36. The van der Waals surface area contributed by atoms with Crippen molar-refractivity contribution in [3.8, 4) is 0 Å². The molecule has 0 N–H and O–H groups in total. The molecule has 0 spiro atoms. The molecule has 29 heavy (non-hydrogen) atoms. The van der Waals surface area contributed by atoms with Gasteiger partial charge in [0.05, 0.1) is 18.3 Å². The maximum Gasteiger partial charge on any atom is 0.348 e. The Bertz CT molecular complexity index is 1120. The van der Waals surface area contributed by atoms with Gasteiger partial charge in [-0.3, -0.25) is 14.2 Å². The van der Waals surface area contributed by atoms with Gasteiger partial charge in [0.2, 0.25) is 5.91 Å². The minimum atomic E-state index is -0.476. The van der Waals surface area contributed by atoms with Gasteiger partial charge in [-0.05, 0) is 31.5 Å². The number of hydrogen-bond donors (Lipinski definition) is 0. The number of carbonyl (C=O) groups excluding carboxylic acids is 2. The fourth-order valence-corrected chi connectivity index (χ4v) is 4.02. The van der Waals surface area contributed by atoms with E-state index >= 15 is 0 Å². The first-order valence-electron chi connectivity index (χ1n) is 9.09. The number of ether oxygens (including phenoxy) is 1. The summed E-state index contributed by atoms with van der Waals surface area (Å²) in [6.45, 7) is 7.51. The molecule has 0 atom stereocenters. The molecule has 7 nitrogen and oxygen atoms in total. The number of para-hydroxylation sites is 1. The van der Waals surface area contributed by atoms with E-state index in [4.69, 9.17) is 4.74 Å². The second-order valence-corrected chi connectivity index (χ2v) is 7.26. The molecular weight excluding hydrogens is 390 g/mol. The molecule has 1 amide bonds. The van der Waals surface area contributed by atoms with Crippen LogP contribution < -0.4 is 10.5 Å². The van der Waals surface area contributed by atoms with E-state index in [1.54, 1.807) is 24.8 Å². The molecule has 0 bridgehead atoms. The summed E-state index contributed by atoms with van der Waals surface area (Å²) in [6, 6.07) is 9.18. The second-order valence-electron chi connectivity index (χ2n) is 6.26. The highest BCUT2D eigenvalue weighted by molar-refractivity contribution is 7.20. The summed E-state index contributed by atoms with van der Waals surface area (Å²) in [4.78, 5) is 44.6. The van der Waals surface area contributed by atoms with Crippen LogP contribution in [0.5, 0.6) is 0 Å². The Morgan fingerprint density at radius 3 is 2.69 bits per heavy atom. The van der Waals surface area contributed by atoms with Crippen molar-refractivity contribution < 1.29 is 14.3 Å². The van der Waals surface area contributed by atoms with Gasteiger partial charge in [0, 0.05) is 12.2 Å². The van der Waals surface area contributed by atoms with Crippen LogP contribution in [0.25, 0.3) is 10.2 Å². The molecule has 3 rings (SSSR count). The smallest absolute Gasteiger partial charge is 0.348 e. The lowest BCUT2D eigenvalue weighted by atomic mass is 10.2. The lowest BCUT2D eigenvalue weighted by molar-refractivity contribution is -0.119. The number of anilines is 1. The van der Waals surface area contributed by atoms with E-state index in [-0.39, 0.29) is 24.6 Å². The molecular formula is C21H21N3O4S. The number of amides is 1. The Kier molecular flexibility index (Phi) is 6.23. The molecule has 8 heteroatoms. The molecule has 0 saturated heterocycles. The van der Waals surface area contributed by atoms with Crippen LogP contribution in [0.3, 0.4) is 0 Å². The third-order valence-corrected chi connectivity index (χ3v) is 5.54. The molecule has 0 aliphatic heterocycles. The third kappa shape index (κ3) is 4.12. The molecule has 0 aliphatic rings. The molecule has 0 saturated carbocycles. The number of aromatic nitrogens is 2. The van der Waals surface area contributed by atoms with Crippen molar-refractivity contribution in [2.45, 2.75) is 20.4 Å². The molecule has 0 unspecified atom stereocenters. The summed E-state index contributed by atoms with van der Waals surface area (Å²) in [7, 11) is 0. The highest BCUT2D eigenvalue weighted by Crippen LogP contribution is 2.27. The predicted molar refractivity (Wildman–Crippen MR) is 114 cm³/mol. The fraction of sp³-hybridized carbons (Fsp3) is 0.238. The van der Waals surface area contributed by atoms with Crippen LogP contribution in [-0.2, 0) is 16.1 Å². The SMILES string of the molecule is C=CCN(C(=O)Cn1cnc2sc(C(=O)OCC)c(C)c2c1=O)c1ccccc1. The molecule has 3 aromatic rings. The number of esters is 1. The van der Waals surface area contributed by atoms with Crippen LogP contribution in [-0.4, -0.2) is 34.6 Å². The highest BCUT2D eigenvalue weighted by atomic mass is 32.1. The highest BCUT2D eigenvalue weighted by Gasteiger charge is 2.22. The van der Waals surface area contributed by atoms with Gasteiger partial charge in [0.1, 0.15) is 16.3 Å². The van der Waals surface area contributed by atoms with Gasteiger partial charge in [0.15, 0.2) is 0 Å². The van der Waals surface area contributed by atoms with Gasteiger partial charge in [-0.25, -0.2) is 9.78 Å². The van der Waals surface area contributed by atoms with Crippen LogP contribution in [0.2, 0.25) is 0 Å². The summed E-state index contributed by atoms with van der Waals surface area (Å²) in [6.07, 6.45) is 2.97. The quantitative estimate of drug-likeness (QED) is 0.441. The van der Waals surface area contributed by atoms with Gasteiger partial charge in [-0.1, -0.05) is 24.3 Å². The summed E-state index contributed by atoms with van der Waals surface area (Å²) in [5.41, 5.74) is 0.879. The fourth-order valence-electron chi connectivity index (χ4n) is 2.98. The van der Waals surface area contributed by atoms with Crippen LogP contribution in [0.15, 0.2) is 54.1 Å². The van der Waals surface area contributed by atoms with E-state index < -0.39 is 5.97 Å². The van der Waals surface area contributed by atoms with Gasteiger partial charge in [-0.2, -0.15) is 0 Å². The first-order chi connectivity index (χ1) is 14.0. The number of fused-ring (bicyclic) bond motifs is 1. The Morgan fingerprint density at radius 1 is 1.31 bits per heavy atom. The lowest BCUT2D eigenvalue weighted by Gasteiger charge is -2.21. The minimum absolute atomic E-state index is 0.172. The standard InChI is InChI=1S/C21H21N3O4S/c1-4-11-24(15-9-7-6-8-10-15)16(25)12-23-13-22-19-17(20(23)26)14(3)18(29-19)21(27)28-5-2/h4,6-10,13H,1,5,11-12H2,2-3H3. The molecule has 0 aliphatic carbocycles. The minimum Gasteiger partial charge on any atom is -0.462 e. The van der Waals surface area contributed by atoms with E-state index in [1.165, 1.54) is 10.9 Å². The topological polar surface area (TPSA) is 81.5 Å². The Labute approximate surface area is 171 Å². The first kappa shape index (κ1) is 20.5. The van der Waals surface area contributed by atoms with Gasteiger partial charge >= 0.3 is 5.97 Å². The average Bonchev–Trinajstić information content (AvgIpc) is 3.06. The normalized spacial score (nSPS) is 10.7. The number of nitrogens with zero attached hydrogens (tertiary/aromatic N) is 3. The van der Waals surface area contributed by atoms with E-state index in [2.05, 4.69) is 11.6 Å². The molecule has 0 radical (unpaired) electrons. The summed E-state index contributed by atoms with van der Waals surface area (Å²) in [5.74, 6) is -0.742. The summed E-state index contributed by atoms with van der Waals surface area (Å²) < 4.78 is 6.31. The van der Waals surface area contributed by atoms with Crippen LogP contribution in [0.1, 0.15) is 22.2 Å². The van der Waals surface area contributed by atoms with E-state index in [0.717, 1.165) is 17.0 Å². The predicted octanol–water partition coefficient (Wildman–Crippen LogP) is 3.16. The zero-order valence-corrected chi connectivity index (χ0v) is 17.1. The Balaban J connectivity index is 1.95. The zero-order chi connectivity index (χ0) is 21.0. The monoisotopic (exact) mass is 411 g/mol. The number of rotatable bonds is 7. The van der Waals surface area contributed by atoms with Crippen molar-refractivity contribution in [1.29, 1.82) is 0 Å². The number of hydrogen-bond acceptors (Lipinski definition) is 6. The van der Waals surface area contributed by atoms with Crippen molar-refractivity contribution in [2.24, 2.45) is 0 Å². The number of aryl methyl sites for hydroxylation is 1.